The van der Waals surface area contributed by atoms with Gasteiger partial charge in [0.25, 0.3) is 0 Å². The van der Waals surface area contributed by atoms with E-state index in [4.69, 9.17) is 10.8 Å². The summed E-state index contributed by atoms with van der Waals surface area (Å²) in [6.45, 7) is 1.96. The minimum absolute atomic E-state index is 0.0625. The van der Waals surface area contributed by atoms with Crippen LogP contribution in [0.1, 0.15) is 34.8 Å². The monoisotopic (exact) mass is 221 g/mol. The lowest BCUT2D eigenvalue weighted by Crippen LogP contribution is -2.28. The number of piperidine rings is 1. The highest BCUT2D eigenvalue weighted by Crippen LogP contribution is 2.24. The lowest BCUT2D eigenvalue weighted by Gasteiger charge is -2.23. The van der Waals surface area contributed by atoms with E-state index in [1.165, 1.54) is 0 Å². The van der Waals surface area contributed by atoms with Crippen LogP contribution >= 0.6 is 0 Å². The van der Waals surface area contributed by atoms with Crippen LogP contribution in [0.3, 0.4) is 0 Å². The average molecular weight is 221 g/mol. The predicted octanol–water partition coefficient (Wildman–Crippen LogP) is 0.829. The number of nitrogens with one attached hydrogen (secondary N) is 1. The molecule has 1 aromatic heterocycles. The molecule has 5 heteroatoms. The number of carboxylic acid groups (broad SMARTS) is 1. The van der Waals surface area contributed by atoms with Crippen LogP contribution in [0.15, 0.2) is 12.3 Å². The molecule has 1 atom stereocenters. The number of carbonyl (C=O) groups is 1. The Morgan fingerprint density at radius 1 is 1.62 bits per heavy atom. The number of nitrogens with zero attached hydrogens (tertiary/aromatic N) is 1. The van der Waals surface area contributed by atoms with E-state index in [9.17, 15) is 4.79 Å². The summed E-state index contributed by atoms with van der Waals surface area (Å²) in [5.41, 5.74) is 6.87. The first-order valence-corrected chi connectivity index (χ1v) is 5.38. The Morgan fingerprint density at radius 2 is 2.44 bits per heavy atom. The summed E-state index contributed by atoms with van der Waals surface area (Å²) in [5.74, 6) is -0.683. The third kappa shape index (κ3) is 2.14. The van der Waals surface area contributed by atoms with E-state index in [2.05, 4.69) is 10.3 Å². The molecule has 0 radical (unpaired) electrons. The summed E-state index contributed by atoms with van der Waals surface area (Å²) in [5, 5.41) is 12.1. The first-order chi connectivity index (χ1) is 7.68. The zero-order valence-electron chi connectivity index (χ0n) is 8.94. The molecule has 5 nitrogen and oxygen atoms in total. The van der Waals surface area contributed by atoms with Crippen molar-refractivity contribution < 1.29 is 9.90 Å². The van der Waals surface area contributed by atoms with E-state index in [0.29, 0.717) is 5.92 Å². The van der Waals surface area contributed by atoms with Crippen LogP contribution in [-0.4, -0.2) is 29.1 Å². The molecule has 4 N–H and O–H groups in total. The van der Waals surface area contributed by atoms with Gasteiger partial charge in [-0.05, 0) is 36.9 Å². The Kier molecular flexibility index (Phi) is 3.05. The van der Waals surface area contributed by atoms with Crippen LogP contribution in [-0.2, 0) is 0 Å². The number of nitrogens with two attached hydrogens (primary N) is 1. The molecule has 86 valence electrons. The van der Waals surface area contributed by atoms with Crippen LogP contribution < -0.4 is 11.1 Å². The highest BCUT2D eigenvalue weighted by atomic mass is 16.4. The van der Waals surface area contributed by atoms with E-state index in [0.717, 1.165) is 31.5 Å². The van der Waals surface area contributed by atoms with Gasteiger partial charge in [-0.1, -0.05) is 0 Å². The molecule has 0 saturated carbocycles. The molecule has 1 aromatic rings. The highest BCUT2D eigenvalue weighted by molar-refractivity contribution is 5.91. The van der Waals surface area contributed by atoms with Gasteiger partial charge in [0.05, 0.1) is 5.69 Å². The molecule has 1 saturated heterocycles. The van der Waals surface area contributed by atoms with Gasteiger partial charge in [-0.3, -0.25) is 0 Å². The van der Waals surface area contributed by atoms with Crippen molar-refractivity contribution in [2.24, 2.45) is 0 Å². The maximum atomic E-state index is 10.8. The minimum Gasteiger partial charge on any atom is -0.476 e. The molecule has 1 unspecified atom stereocenters. The number of anilines is 1. The van der Waals surface area contributed by atoms with Gasteiger partial charge in [0.15, 0.2) is 5.69 Å². The lowest BCUT2D eigenvalue weighted by atomic mass is 9.92. The largest absolute Gasteiger partial charge is 0.476 e. The topological polar surface area (TPSA) is 88.2 Å². The summed E-state index contributed by atoms with van der Waals surface area (Å²) in [6, 6.07) is 1.73. The van der Waals surface area contributed by atoms with Crippen molar-refractivity contribution in [1.82, 2.24) is 10.3 Å². The number of aromatic carboxylic acids is 1. The van der Waals surface area contributed by atoms with Gasteiger partial charge in [-0.15, -0.1) is 0 Å². The molecule has 1 aliphatic rings. The van der Waals surface area contributed by atoms with Crippen molar-refractivity contribution in [2.75, 3.05) is 18.8 Å². The van der Waals surface area contributed by atoms with Crippen molar-refractivity contribution in [3.8, 4) is 0 Å². The van der Waals surface area contributed by atoms with Gasteiger partial charge >= 0.3 is 5.97 Å². The fourth-order valence-electron chi connectivity index (χ4n) is 2.04. The fraction of sp³-hybridized carbons (Fsp3) is 0.455. The third-order valence-corrected chi connectivity index (χ3v) is 2.91. The molecule has 0 aromatic carbocycles. The minimum atomic E-state index is -1.08. The molecule has 0 spiro atoms. The Labute approximate surface area is 93.7 Å². The smallest absolute Gasteiger partial charge is 0.356 e. The second kappa shape index (κ2) is 4.49. The lowest BCUT2D eigenvalue weighted by molar-refractivity contribution is 0.0691. The summed E-state index contributed by atoms with van der Waals surface area (Å²) in [7, 11) is 0. The Hall–Kier alpha value is -1.62. The maximum Gasteiger partial charge on any atom is 0.356 e. The molecule has 16 heavy (non-hydrogen) atoms. The molecule has 2 heterocycles. The Morgan fingerprint density at radius 3 is 3.00 bits per heavy atom. The zero-order chi connectivity index (χ0) is 11.5. The number of aromatic nitrogens is 1. The van der Waals surface area contributed by atoms with Crippen molar-refractivity contribution in [2.45, 2.75) is 18.8 Å². The molecule has 1 fully saturated rings. The number of pyridine rings is 1. The predicted molar refractivity (Wildman–Crippen MR) is 60.5 cm³/mol. The van der Waals surface area contributed by atoms with Crippen molar-refractivity contribution in [3.63, 3.8) is 0 Å². The number of carboxylic acids is 1. The maximum absolute atomic E-state index is 10.8. The van der Waals surface area contributed by atoms with Crippen LogP contribution in [0, 0.1) is 0 Å². The van der Waals surface area contributed by atoms with Gasteiger partial charge in [-0.25, -0.2) is 9.78 Å². The first kappa shape index (κ1) is 10.9. The highest BCUT2D eigenvalue weighted by Gasteiger charge is 2.18. The van der Waals surface area contributed by atoms with Crippen molar-refractivity contribution >= 4 is 11.7 Å². The number of hydrogen-bond donors (Lipinski definition) is 3. The van der Waals surface area contributed by atoms with E-state index in [-0.39, 0.29) is 11.4 Å². The van der Waals surface area contributed by atoms with E-state index in [1.807, 2.05) is 0 Å². The fourth-order valence-corrected chi connectivity index (χ4v) is 2.04. The van der Waals surface area contributed by atoms with E-state index >= 15 is 0 Å². The van der Waals surface area contributed by atoms with Crippen molar-refractivity contribution in [3.05, 3.63) is 23.5 Å². The van der Waals surface area contributed by atoms with Gasteiger partial charge in [-0.2, -0.15) is 0 Å². The Bertz CT molecular complexity index is 400. The SMILES string of the molecule is Nc1cc(C2CCCNC2)cnc1C(=O)O. The molecular weight excluding hydrogens is 206 g/mol. The summed E-state index contributed by atoms with van der Waals surface area (Å²) < 4.78 is 0. The summed E-state index contributed by atoms with van der Waals surface area (Å²) >= 11 is 0. The second-order valence-electron chi connectivity index (χ2n) is 4.05. The third-order valence-electron chi connectivity index (χ3n) is 2.91. The summed E-state index contributed by atoms with van der Waals surface area (Å²) in [4.78, 5) is 14.7. The zero-order valence-corrected chi connectivity index (χ0v) is 8.94. The van der Waals surface area contributed by atoms with Crippen molar-refractivity contribution in [1.29, 1.82) is 0 Å². The van der Waals surface area contributed by atoms with Crippen LogP contribution in [0.4, 0.5) is 5.69 Å². The molecule has 1 aliphatic heterocycles. The van der Waals surface area contributed by atoms with Gasteiger partial charge in [0.1, 0.15) is 0 Å². The average Bonchev–Trinajstić information content (AvgIpc) is 2.29. The van der Waals surface area contributed by atoms with E-state index in [1.54, 1.807) is 12.3 Å². The normalized spacial score (nSPS) is 20.6. The first-order valence-electron chi connectivity index (χ1n) is 5.38. The van der Waals surface area contributed by atoms with E-state index < -0.39 is 5.97 Å². The standard InChI is InChI=1S/C11H15N3O2/c12-9-4-8(6-14-10(9)11(15)16)7-2-1-3-13-5-7/h4,6-7,13H,1-3,5,12H2,(H,15,16). The Balaban J connectivity index is 2.23. The van der Waals surface area contributed by atoms with Crippen LogP contribution in [0.2, 0.25) is 0 Å². The molecular formula is C11H15N3O2. The van der Waals surface area contributed by atoms with Gasteiger partial charge < -0.3 is 16.2 Å². The second-order valence-corrected chi connectivity index (χ2v) is 4.05. The number of rotatable bonds is 2. The molecule has 0 amide bonds. The van der Waals surface area contributed by atoms with Gasteiger partial charge in [0, 0.05) is 12.7 Å². The quantitative estimate of drug-likeness (QED) is 0.688. The van der Waals surface area contributed by atoms with Crippen LogP contribution in [0.5, 0.6) is 0 Å². The number of nitrogen functional groups attached to an aromatic ring is 1. The van der Waals surface area contributed by atoms with Crippen LogP contribution in [0.25, 0.3) is 0 Å². The number of hydrogen-bond acceptors (Lipinski definition) is 4. The molecule has 0 aliphatic carbocycles. The van der Waals surface area contributed by atoms with Gasteiger partial charge in [0.2, 0.25) is 0 Å². The summed E-state index contributed by atoms with van der Waals surface area (Å²) in [6.07, 6.45) is 3.85. The molecule has 2 rings (SSSR count). The molecule has 0 bridgehead atoms.